The molecule has 5 heteroatoms. The Balaban J connectivity index is 2.19. The standard InChI is InChI=1S/C16H19N3O2/c1-2-6-14-15(20)19(16(21)18-14)11-13-8-4-3-7-12(13)9-5-10-17/h3-4,7-8,14H,2,6,10-11,17H2,1H3,(H,18,21). The van der Waals surface area contributed by atoms with Crippen LogP contribution in [0, 0.1) is 11.8 Å². The van der Waals surface area contributed by atoms with E-state index in [4.69, 9.17) is 5.73 Å². The number of nitrogens with one attached hydrogen (secondary N) is 1. The van der Waals surface area contributed by atoms with Crippen LogP contribution in [0.4, 0.5) is 4.79 Å². The fraction of sp³-hybridized carbons (Fsp3) is 0.375. The first-order valence-corrected chi connectivity index (χ1v) is 7.06. The highest BCUT2D eigenvalue weighted by Gasteiger charge is 2.37. The predicted octanol–water partition coefficient (Wildman–Crippen LogP) is 1.22. The van der Waals surface area contributed by atoms with E-state index in [0.717, 1.165) is 17.5 Å². The summed E-state index contributed by atoms with van der Waals surface area (Å²) in [5.41, 5.74) is 7.02. The van der Waals surface area contributed by atoms with Crippen molar-refractivity contribution < 1.29 is 9.59 Å². The molecular formula is C16H19N3O2. The summed E-state index contributed by atoms with van der Waals surface area (Å²) in [6.07, 6.45) is 1.51. The number of urea groups is 1. The number of nitrogens with zero attached hydrogens (tertiary/aromatic N) is 1. The molecule has 0 aromatic heterocycles. The van der Waals surface area contributed by atoms with Crippen LogP contribution in [0.25, 0.3) is 0 Å². The topological polar surface area (TPSA) is 75.4 Å². The van der Waals surface area contributed by atoms with Gasteiger partial charge in [0.2, 0.25) is 0 Å². The molecule has 110 valence electrons. The largest absolute Gasteiger partial charge is 0.326 e. The third kappa shape index (κ3) is 3.41. The molecule has 0 saturated carbocycles. The van der Waals surface area contributed by atoms with Crippen molar-refractivity contribution >= 4 is 11.9 Å². The van der Waals surface area contributed by atoms with Crippen molar-refractivity contribution in [2.45, 2.75) is 32.4 Å². The number of benzene rings is 1. The summed E-state index contributed by atoms with van der Waals surface area (Å²) in [6, 6.07) is 6.74. The zero-order chi connectivity index (χ0) is 15.2. The molecule has 1 heterocycles. The van der Waals surface area contributed by atoms with Gasteiger partial charge in [-0.05, 0) is 18.1 Å². The molecule has 1 aliphatic heterocycles. The van der Waals surface area contributed by atoms with Crippen LogP contribution >= 0.6 is 0 Å². The van der Waals surface area contributed by atoms with Gasteiger partial charge in [0.15, 0.2) is 0 Å². The maximum absolute atomic E-state index is 12.2. The smallest absolute Gasteiger partial charge is 0.325 e. The summed E-state index contributed by atoms with van der Waals surface area (Å²) in [5, 5.41) is 2.72. The van der Waals surface area contributed by atoms with Crippen LogP contribution in [0.5, 0.6) is 0 Å². The van der Waals surface area contributed by atoms with E-state index in [9.17, 15) is 9.59 Å². The Labute approximate surface area is 124 Å². The monoisotopic (exact) mass is 285 g/mol. The van der Waals surface area contributed by atoms with Gasteiger partial charge in [-0.15, -0.1) is 0 Å². The summed E-state index contributed by atoms with van der Waals surface area (Å²) >= 11 is 0. The molecule has 21 heavy (non-hydrogen) atoms. The Kier molecular flexibility index (Phi) is 4.96. The van der Waals surface area contributed by atoms with E-state index >= 15 is 0 Å². The highest BCUT2D eigenvalue weighted by atomic mass is 16.2. The molecule has 5 nitrogen and oxygen atoms in total. The van der Waals surface area contributed by atoms with Crippen LogP contribution in [0.15, 0.2) is 24.3 Å². The quantitative estimate of drug-likeness (QED) is 0.645. The van der Waals surface area contributed by atoms with Gasteiger partial charge in [0.05, 0.1) is 13.1 Å². The first-order valence-electron chi connectivity index (χ1n) is 7.06. The fourth-order valence-corrected chi connectivity index (χ4v) is 2.31. The lowest BCUT2D eigenvalue weighted by atomic mass is 10.1. The lowest BCUT2D eigenvalue weighted by Gasteiger charge is -2.14. The molecule has 0 spiro atoms. The van der Waals surface area contributed by atoms with Crippen molar-refractivity contribution in [1.29, 1.82) is 0 Å². The van der Waals surface area contributed by atoms with Crippen molar-refractivity contribution in [1.82, 2.24) is 10.2 Å². The first-order chi connectivity index (χ1) is 10.2. The van der Waals surface area contributed by atoms with Crippen molar-refractivity contribution in [3.05, 3.63) is 35.4 Å². The molecule has 0 aliphatic carbocycles. The second-order valence-corrected chi connectivity index (χ2v) is 4.88. The lowest BCUT2D eigenvalue weighted by Crippen LogP contribution is -2.31. The molecule has 1 fully saturated rings. The Morgan fingerprint density at radius 1 is 1.33 bits per heavy atom. The van der Waals surface area contributed by atoms with Crippen LogP contribution in [-0.4, -0.2) is 29.4 Å². The number of rotatable bonds is 4. The molecule has 3 amide bonds. The van der Waals surface area contributed by atoms with Gasteiger partial charge in [-0.1, -0.05) is 43.4 Å². The van der Waals surface area contributed by atoms with E-state index in [1.54, 1.807) is 0 Å². The minimum absolute atomic E-state index is 0.163. The SMILES string of the molecule is CCCC1NC(=O)N(Cc2ccccc2C#CCN)C1=O. The molecule has 1 saturated heterocycles. The number of carbonyl (C=O) groups is 2. The van der Waals surface area contributed by atoms with Crippen LogP contribution < -0.4 is 11.1 Å². The Morgan fingerprint density at radius 2 is 2.10 bits per heavy atom. The summed E-state index contributed by atoms with van der Waals surface area (Å²) in [5.74, 6) is 5.60. The van der Waals surface area contributed by atoms with Crippen molar-refractivity contribution in [3.8, 4) is 11.8 Å². The third-order valence-electron chi connectivity index (χ3n) is 3.36. The van der Waals surface area contributed by atoms with Gasteiger partial charge in [-0.2, -0.15) is 0 Å². The average Bonchev–Trinajstić information content (AvgIpc) is 2.74. The van der Waals surface area contributed by atoms with E-state index in [1.165, 1.54) is 4.90 Å². The highest BCUT2D eigenvalue weighted by molar-refractivity contribution is 6.04. The molecule has 1 unspecified atom stereocenters. The zero-order valence-corrected chi connectivity index (χ0v) is 12.1. The summed E-state index contributed by atoms with van der Waals surface area (Å²) in [4.78, 5) is 25.4. The van der Waals surface area contributed by atoms with Gasteiger partial charge in [0.25, 0.3) is 5.91 Å². The Morgan fingerprint density at radius 3 is 2.81 bits per heavy atom. The van der Waals surface area contributed by atoms with Gasteiger partial charge >= 0.3 is 6.03 Å². The van der Waals surface area contributed by atoms with Crippen LogP contribution in [0.2, 0.25) is 0 Å². The maximum atomic E-state index is 12.2. The molecule has 3 N–H and O–H groups in total. The van der Waals surface area contributed by atoms with E-state index in [0.29, 0.717) is 6.42 Å². The second kappa shape index (κ2) is 6.91. The van der Waals surface area contributed by atoms with Crippen molar-refractivity contribution in [2.75, 3.05) is 6.54 Å². The third-order valence-corrected chi connectivity index (χ3v) is 3.36. The van der Waals surface area contributed by atoms with Crippen LogP contribution in [0.1, 0.15) is 30.9 Å². The fourth-order valence-electron chi connectivity index (χ4n) is 2.31. The predicted molar refractivity (Wildman–Crippen MR) is 80.2 cm³/mol. The molecule has 0 bridgehead atoms. The normalized spacial score (nSPS) is 17.4. The summed E-state index contributed by atoms with van der Waals surface area (Å²) in [7, 11) is 0. The zero-order valence-electron chi connectivity index (χ0n) is 12.1. The van der Waals surface area contributed by atoms with E-state index in [1.807, 2.05) is 31.2 Å². The lowest BCUT2D eigenvalue weighted by molar-refractivity contribution is -0.128. The number of hydrogen-bond donors (Lipinski definition) is 2. The first kappa shape index (κ1) is 15.1. The number of nitrogens with two attached hydrogens (primary N) is 1. The molecule has 1 aromatic rings. The van der Waals surface area contributed by atoms with Gasteiger partial charge in [-0.3, -0.25) is 9.69 Å². The van der Waals surface area contributed by atoms with Crippen molar-refractivity contribution in [3.63, 3.8) is 0 Å². The second-order valence-electron chi connectivity index (χ2n) is 4.88. The number of amides is 3. The van der Waals surface area contributed by atoms with Crippen LogP contribution in [-0.2, 0) is 11.3 Å². The molecule has 1 aliphatic rings. The van der Waals surface area contributed by atoms with Gasteiger partial charge in [0, 0.05) is 5.56 Å². The van der Waals surface area contributed by atoms with Gasteiger partial charge in [0.1, 0.15) is 6.04 Å². The van der Waals surface area contributed by atoms with Gasteiger partial charge in [-0.25, -0.2) is 4.79 Å². The summed E-state index contributed by atoms with van der Waals surface area (Å²) in [6.45, 7) is 2.50. The minimum atomic E-state index is -0.398. The van der Waals surface area contributed by atoms with E-state index in [-0.39, 0.29) is 25.0 Å². The summed E-state index contributed by atoms with van der Waals surface area (Å²) < 4.78 is 0. The minimum Gasteiger partial charge on any atom is -0.326 e. The Hall–Kier alpha value is -2.32. The molecular weight excluding hydrogens is 266 g/mol. The average molecular weight is 285 g/mol. The molecule has 1 atom stereocenters. The molecule has 2 rings (SSSR count). The maximum Gasteiger partial charge on any atom is 0.325 e. The number of hydrogen-bond acceptors (Lipinski definition) is 3. The number of imide groups is 1. The molecule has 1 aromatic carbocycles. The van der Waals surface area contributed by atoms with E-state index in [2.05, 4.69) is 17.2 Å². The highest BCUT2D eigenvalue weighted by Crippen LogP contribution is 2.17. The number of carbonyl (C=O) groups excluding carboxylic acids is 2. The van der Waals surface area contributed by atoms with Crippen molar-refractivity contribution in [2.24, 2.45) is 5.73 Å². The Bertz CT molecular complexity index is 601. The van der Waals surface area contributed by atoms with Gasteiger partial charge < -0.3 is 11.1 Å². The van der Waals surface area contributed by atoms with Crippen LogP contribution in [0.3, 0.4) is 0 Å². The molecule has 0 radical (unpaired) electrons. The van der Waals surface area contributed by atoms with E-state index < -0.39 is 6.04 Å².